The highest BCUT2D eigenvalue weighted by Crippen LogP contribution is 2.31. The van der Waals surface area contributed by atoms with E-state index in [2.05, 4.69) is 5.32 Å². The first kappa shape index (κ1) is 19.9. The van der Waals surface area contributed by atoms with Crippen LogP contribution < -0.4 is 10.2 Å². The molecule has 0 spiro atoms. The van der Waals surface area contributed by atoms with E-state index in [-0.39, 0.29) is 11.7 Å². The fraction of sp³-hybridized carbons (Fsp3) is 0.450. The Hall–Kier alpha value is -2.90. The summed E-state index contributed by atoms with van der Waals surface area (Å²) in [5.41, 5.74) is 1.76. The van der Waals surface area contributed by atoms with Crippen molar-refractivity contribution in [2.24, 2.45) is 0 Å². The van der Waals surface area contributed by atoms with Gasteiger partial charge < -0.3 is 20.2 Å². The van der Waals surface area contributed by atoms with Crippen molar-refractivity contribution in [2.45, 2.75) is 33.2 Å². The number of hydrogen-bond acceptors (Lipinski definition) is 4. The van der Waals surface area contributed by atoms with Crippen LogP contribution in [0, 0.1) is 12.7 Å². The number of nitrogens with one attached hydrogen (secondary N) is 1. The first-order valence-corrected chi connectivity index (χ1v) is 9.43. The smallest absolute Gasteiger partial charge is 0.405 e. The summed E-state index contributed by atoms with van der Waals surface area (Å²) < 4.78 is 14.0. The lowest BCUT2D eigenvalue weighted by Crippen LogP contribution is -2.49. The van der Waals surface area contributed by atoms with Crippen LogP contribution in [0.3, 0.4) is 0 Å². The van der Waals surface area contributed by atoms with Gasteiger partial charge in [-0.2, -0.15) is 0 Å². The molecule has 2 aromatic rings. The highest BCUT2D eigenvalue weighted by Gasteiger charge is 2.25. The second-order valence-electron chi connectivity index (χ2n) is 7.04. The minimum Gasteiger partial charge on any atom is -0.465 e. The number of nitrogens with zero attached hydrogens (tertiary/aromatic N) is 3. The highest BCUT2D eigenvalue weighted by molar-refractivity contribution is 5.85. The third-order valence-electron chi connectivity index (χ3n) is 5.22. The van der Waals surface area contributed by atoms with Crippen LogP contribution in [0.1, 0.15) is 37.4 Å². The lowest BCUT2D eigenvalue weighted by atomic mass is 10.0. The van der Waals surface area contributed by atoms with Gasteiger partial charge in [0.2, 0.25) is 5.91 Å². The Morgan fingerprint density at radius 3 is 2.57 bits per heavy atom. The number of carbonyl (C=O) groups excluding carboxylic acids is 1. The molecule has 0 saturated carbocycles. The van der Waals surface area contributed by atoms with Crippen LogP contribution in [-0.4, -0.2) is 53.2 Å². The predicted octanol–water partition coefficient (Wildman–Crippen LogP) is 3.07. The summed E-state index contributed by atoms with van der Waals surface area (Å²) in [6, 6.07) is 4.44. The lowest BCUT2D eigenvalue weighted by Gasteiger charge is -2.37. The van der Waals surface area contributed by atoms with Crippen LogP contribution in [-0.2, 0) is 4.79 Å². The summed E-state index contributed by atoms with van der Waals surface area (Å²) >= 11 is 0. The molecule has 28 heavy (non-hydrogen) atoms. The molecule has 0 radical (unpaired) electrons. The van der Waals surface area contributed by atoms with Crippen LogP contribution in [0.15, 0.2) is 18.2 Å². The van der Waals surface area contributed by atoms with E-state index < -0.39 is 12.1 Å². The van der Waals surface area contributed by atoms with E-state index in [1.165, 1.54) is 6.07 Å². The van der Waals surface area contributed by atoms with E-state index in [9.17, 15) is 14.0 Å². The number of carbonyl (C=O) groups is 2. The zero-order valence-electron chi connectivity index (χ0n) is 16.3. The molecule has 1 atom stereocenters. The maximum absolute atomic E-state index is 14.0. The lowest BCUT2D eigenvalue weighted by molar-refractivity contribution is -0.131. The van der Waals surface area contributed by atoms with Crippen LogP contribution in [0.4, 0.5) is 15.0 Å². The molecular weight excluding hydrogens is 363 g/mol. The topological polar surface area (TPSA) is 85.8 Å². The van der Waals surface area contributed by atoms with Crippen molar-refractivity contribution >= 4 is 28.7 Å². The Bertz CT molecular complexity index is 910. The molecule has 3 rings (SSSR count). The zero-order valence-corrected chi connectivity index (χ0v) is 16.3. The summed E-state index contributed by atoms with van der Waals surface area (Å²) in [6.45, 7) is 7.62. The molecule has 1 aliphatic rings. The molecule has 0 bridgehead atoms. The van der Waals surface area contributed by atoms with Crippen LogP contribution >= 0.6 is 0 Å². The molecule has 2 amide bonds. The van der Waals surface area contributed by atoms with Gasteiger partial charge in [0.25, 0.3) is 0 Å². The average Bonchev–Trinajstić information content (AvgIpc) is 2.69. The van der Waals surface area contributed by atoms with Crippen molar-refractivity contribution in [3.8, 4) is 0 Å². The standard InChI is InChI=1S/C20H25FN4O3/c1-4-17(26)24-7-9-25(10-8-24)19-15(13(3)22-20(27)28)11-14-5-6-16(21)12(2)18(14)23-19/h5-6,11,13,22H,4,7-10H2,1-3H3,(H,27,28). The number of amides is 2. The van der Waals surface area contributed by atoms with Crippen molar-refractivity contribution < 1.29 is 19.1 Å². The van der Waals surface area contributed by atoms with Gasteiger partial charge in [0.05, 0.1) is 11.6 Å². The van der Waals surface area contributed by atoms with E-state index in [0.29, 0.717) is 49.5 Å². The third kappa shape index (κ3) is 3.85. The van der Waals surface area contributed by atoms with Crippen molar-refractivity contribution in [2.75, 3.05) is 31.1 Å². The molecule has 1 aromatic heterocycles. The zero-order chi connectivity index (χ0) is 20.4. The van der Waals surface area contributed by atoms with E-state index >= 15 is 0 Å². The number of fused-ring (bicyclic) bond motifs is 1. The second-order valence-corrected chi connectivity index (χ2v) is 7.04. The molecule has 1 fully saturated rings. The molecule has 0 aliphatic carbocycles. The maximum atomic E-state index is 14.0. The Balaban J connectivity index is 2.02. The summed E-state index contributed by atoms with van der Waals surface area (Å²) in [4.78, 5) is 31.7. The van der Waals surface area contributed by atoms with Gasteiger partial charge in [-0.05, 0) is 32.0 Å². The number of anilines is 1. The van der Waals surface area contributed by atoms with Crippen LogP contribution in [0.5, 0.6) is 0 Å². The van der Waals surface area contributed by atoms with Gasteiger partial charge in [-0.15, -0.1) is 0 Å². The molecule has 150 valence electrons. The van der Waals surface area contributed by atoms with E-state index in [0.717, 1.165) is 10.9 Å². The Morgan fingerprint density at radius 2 is 1.96 bits per heavy atom. The number of halogens is 1. The van der Waals surface area contributed by atoms with Crippen molar-refractivity contribution in [1.82, 2.24) is 15.2 Å². The molecule has 1 aliphatic heterocycles. The molecule has 2 N–H and O–H groups in total. The number of hydrogen-bond donors (Lipinski definition) is 2. The number of aryl methyl sites for hydroxylation is 1. The molecule has 7 nitrogen and oxygen atoms in total. The molecule has 8 heteroatoms. The monoisotopic (exact) mass is 388 g/mol. The van der Waals surface area contributed by atoms with Gasteiger partial charge in [-0.25, -0.2) is 14.2 Å². The summed E-state index contributed by atoms with van der Waals surface area (Å²) in [6.07, 6.45) is -0.649. The number of benzene rings is 1. The molecule has 1 aromatic carbocycles. The second kappa shape index (κ2) is 8.00. The number of pyridine rings is 1. The Kier molecular flexibility index (Phi) is 5.67. The molecule has 1 unspecified atom stereocenters. The van der Waals surface area contributed by atoms with Gasteiger partial charge in [0, 0.05) is 49.1 Å². The van der Waals surface area contributed by atoms with E-state index in [1.54, 1.807) is 19.9 Å². The van der Waals surface area contributed by atoms with Gasteiger partial charge in [-0.1, -0.05) is 6.92 Å². The molecule has 2 heterocycles. The Labute approximate surface area is 163 Å². The first-order valence-electron chi connectivity index (χ1n) is 9.43. The SMILES string of the molecule is CCC(=O)N1CCN(c2nc3c(C)c(F)ccc3cc2C(C)NC(=O)O)CC1. The van der Waals surface area contributed by atoms with Crippen molar-refractivity contribution in [3.05, 3.63) is 35.1 Å². The highest BCUT2D eigenvalue weighted by atomic mass is 19.1. The van der Waals surface area contributed by atoms with Crippen LogP contribution in [0.25, 0.3) is 10.9 Å². The minimum absolute atomic E-state index is 0.116. The number of rotatable bonds is 4. The quantitative estimate of drug-likeness (QED) is 0.841. The van der Waals surface area contributed by atoms with Crippen molar-refractivity contribution in [1.29, 1.82) is 0 Å². The number of carboxylic acid groups (broad SMARTS) is 1. The maximum Gasteiger partial charge on any atom is 0.405 e. The largest absolute Gasteiger partial charge is 0.465 e. The van der Waals surface area contributed by atoms with Crippen LogP contribution in [0.2, 0.25) is 0 Å². The van der Waals surface area contributed by atoms with Crippen molar-refractivity contribution in [3.63, 3.8) is 0 Å². The predicted molar refractivity (Wildman–Crippen MR) is 105 cm³/mol. The fourth-order valence-electron chi connectivity index (χ4n) is 3.59. The van der Waals surface area contributed by atoms with Gasteiger partial charge in [0.15, 0.2) is 0 Å². The average molecular weight is 388 g/mol. The summed E-state index contributed by atoms with van der Waals surface area (Å²) in [7, 11) is 0. The minimum atomic E-state index is -1.12. The number of piperazine rings is 1. The van der Waals surface area contributed by atoms with E-state index in [4.69, 9.17) is 10.1 Å². The van der Waals surface area contributed by atoms with Gasteiger partial charge in [0.1, 0.15) is 11.6 Å². The third-order valence-corrected chi connectivity index (χ3v) is 5.22. The molecular formula is C20H25FN4O3. The summed E-state index contributed by atoms with van der Waals surface area (Å²) in [5, 5.41) is 12.4. The summed E-state index contributed by atoms with van der Waals surface area (Å²) in [5.74, 6) is 0.421. The van der Waals surface area contributed by atoms with Gasteiger partial charge >= 0.3 is 6.09 Å². The first-order chi connectivity index (χ1) is 13.3. The molecule has 1 saturated heterocycles. The fourth-order valence-corrected chi connectivity index (χ4v) is 3.59. The van der Waals surface area contributed by atoms with Gasteiger partial charge in [-0.3, -0.25) is 4.79 Å². The normalized spacial score (nSPS) is 15.6. The van der Waals surface area contributed by atoms with E-state index in [1.807, 2.05) is 22.8 Å². The number of aromatic nitrogens is 1. The Morgan fingerprint density at radius 1 is 1.29 bits per heavy atom.